The summed E-state index contributed by atoms with van der Waals surface area (Å²) < 4.78 is 35.1. The van der Waals surface area contributed by atoms with Crippen molar-refractivity contribution in [3.05, 3.63) is 126 Å². The third-order valence-corrected chi connectivity index (χ3v) is 11.3. The van der Waals surface area contributed by atoms with Crippen LogP contribution in [0.4, 0.5) is 11.4 Å². The van der Waals surface area contributed by atoms with Gasteiger partial charge < -0.3 is 19.9 Å². The second kappa shape index (κ2) is 14.8. The Bertz CT molecular complexity index is 2330. The fourth-order valence-corrected chi connectivity index (χ4v) is 7.74. The predicted octanol–water partition coefficient (Wildman–Crippen LogP) is 7.67. The van der Waals surface area contributed by atoms with Crippen molar-refractivity contribution >= 4 is 44.3 Å². The highest BCUT2D eigenvalue weighted by Crippen LogP contribution is 2.42. The van der Waals surface area contributed by atoms with Gasteiger partial charge >= 0.3 is 11.9 Å². The number of para-hydroxylation sites is 1. The molecule has 1 aliphatic heterocycles. The number of carboxylic acid groups (broad SMARTS) is 2. The van der Waals surface area contributed by atoms with Crippen LogP contribution in [-0.2, 0) is 14.8 Å². The largest absolute Gasteiger partial charge is 0.481 e. The Labute approximate surface area is 296 Å². The topological polar surface area (TPSA) is 158 Å². The predicted molar refractivity (Wildman–Crippen MR) is 199 cm³/mol. The van der Waals surface area contributed by atoms with Crippen molar-refractivity contribution in [1.29, 1.82) is 0 Å². The monoisotopic (exact) mass is 705 g/mol. The molecule has 3 aromatic carbocycles. The molecule has 0 fully saturated rings. The maximum absolute atomic E-state index is 13.7. The van der Waals surface area contributed by atoms with Gasteiger partial charge in [0.25, 0.3) is 0 Å². The smallest absolute Gasteiger partial charge is 0.336 e. The van der Waals surface area contributed by atoms with Gasteiger partial charge in [0.15, 0.2) is 0 Å². The van der Waals surface area contributed by atoms with Crippen LogP contribution < -0.4 is 15.4 Å². The summed E-state index contributed by atoms with van der Waals surface area (Å²) in [5, 5.41) is 23.6. The van der Waals surface area contributed by atoms with E-state index in [1.807, 2.05) is 55.5 Å². The summed E-state index contributed by atoms with van der Waals surface area (Å²) in [7, 11) is -3.90. The van der Waals surface area contributed by atoms with Crippen molar-refractivity contribution in [2.24, 2.45) is 4.99 Å². The molecule has 1 heterocycles. The zero-order valence-corrected chi connectivity index (χ0v) is 29.1. The molecule has 51 heavy (non-hydrogen) atoms. The number of benzene rings is 4. The van der Waals surface area contributed by atoms with E-state index in [9.17, 15) is 23.1 Å². The fourth-order valence-electron chi connectivity index (χ4n) is 6.31. The van der Waals surface area contributed by atoms with Gasteiger partial charge in [-0.1, -0.05) is 67.1 Å². The number of sulfonamides is 1. The van der Waals surface area contributed by atoms with E-state index in [1.165, 1.54) is 0 Å². The molecule has 2 unspecified atom stereocenters. The second-order valence-corrected chi connectivity index (χ2v) is 14.9. The summed E-state index contributed by atoms with van der Waals surface area (Å²) >= 11 is 0. The average molecular weight is 706 g/mol. The van der Waals surface area contributed by atoms with Crippen molar-refractivity contribution < 1.29 is 32.6 Å². The quantitative estimate of drug-likeness (QED) is 0.0718. The number of nitrogens with zero attached hydrogens (tertiary/aromatic N) is 1. The van der Waals surface area contributed by atoms with Gasteiger partial charge in [0.2, 0.25) is 10.0 Å². The molecule has 2 aliphatic carbocycles. The average Bonchev–Trinajstić information content (AvgIpc) is 3.10. The molecule has 262 valence electrons. The minimum absolute atomic E-state index is 0.0474. The van der Waals surface area contributed by atoms with E-state index < -0.39 is 32.8 Å². The maximum atomic E-state index is 13.7. The lowest BCUT2D eigenvalue weighted by molar-refractivity contribution is -0.137. The first-order valence-corrected chi connectivity index (χ1v) is 18.2. The lowest BCUT2D eigenvalue weighted by atomic mass is 9.90. The lowest BCUT2D eigenvalue weighted by Crippen LogP contribution is -2.50. The zero-order valence-electron chi connectivity index (χ0n) is 28.3. The molecule has 10 nitrogen and oxygen atoms in total. The summed E-state index contributed by atoms with van der Waals surface area (Å²) in [6, 6.07) is 25.1. The Morgan fingerprint density at radius 1 is 0.902 bits per heavy atom. The third-order valence-electron chi connectivity index (χ3n) is 9.20. The number of aryl methyl sites for hydroxylation is 1. The van der Waals surface area contributed by atoms with Crippen LogP contribution in [0, 0.1) is 6.92 Å². The molecule has 0 aromatic heterocycles. The van der Waals surface area contributed by atoms with Gasteiger partial charge in [-0.05, 0) is 74.2 Å². The van der Waals surface area contributed by atoms with Crippen molar-refractivity contribution in [2.75, 3.05) is 11.9 Å². The molecular weight excluding hydrogens is 667 g/mol. The standard InChI is InChI=1S/C40H39N3O7S/c1-26-12-5-8-15-33(26)42-27-18-20-31-34(24-27)50-35-25-28(19-21-32(35)38(31)29-13-6-7-14-30(29)39(46)47)43-36-16-9-10-22-40(36,2)51(48,49)41-23-11-3-4-17-37(44)45/h5-10,12-16,18-22,24-25,36,41-42H,3-4,11,17,23H2,1-2H3,(H,44,45)(H,46,47). The molecule has 0 saturated carbocycles. The first-order valence-electron chi connectivity index (χ1n) is 16.7. The molecule has 0 spiro atoms. The Balaban J connectivity index is 1.42. The molecule has 0 amide bonds. The third kappa shape index (κ3) is 7.50. The van der Waals surface area contributed by atoms with E-state index in [-0.39, 0.29) is 18.5 Å². The lowest BCUT2D eigenvalue weighted by Gasteiger charge is -2.32. The van der Waals surface area contributed by atoms with E-state index in [2.05, 4.69) is 10.0 Å². The van der Waals surface area contributed by atoms with Crippen molar-refractivity contribution in [3.8, 4) is 22.5 Å². The van der Waals surface area contributed by atoms with E-state index in [1.54, 1.807) is 67.6 Å². The van der Waals surface area contributed by atoms with E-state index in [4.69, 9.17) is 14.5 Å². The zero-order chi connectivity index (χ0) is 36.2. The summed E-state index contributed by atoms with van der Waals surface area (Å²) in [5.74, 6) is -1.47. The van der Waals surface area contributed by atoms with Crippen LogP contribution in [0.15, 0.2) is 119 Å². The highest BCUT2D eigenvalue weighted by Gasteiger charge is 2.44. The van der Waals surface area contributed by atoms with E-state index in [0.717, 1.165) is 22.3 Å². The number of aliphatic carboxylic acids is 1. The van der Waals surface area contributed by atoms with Crippen LogP contribution in [0.5, 0.6) is 0 Å². The number of rotatable bonds is 13. The summed E-state index contributed by atoms with van der Waals surface area (Å²) in [4.78, 5) is 28.1. The summed E-state index contributed by atoms with van der Waals surface area (Å²) in [5.41, 5.74) is 5.37. The minimum atomic E-state index is -3.90. The molecule has 0 bridgehead atoms. The number of carbonyl (C=O) groups is 2. The van der Waals surface area contributed by atoms with Crippen LogP contribution in [0.3, 0.4) is 0 Å². The highest BCUT2D eigenvalue weighted by molar-refractivity contribution is 7.91. The number of hydrogen-bond donors (Lipinski definition) is 4. The molecule has 2 atom stereocenters. The number of carboxylic acids is 2. The van der Waals surface area contributed by atoms with Crippen LogP contribution >= 0.6 is 0 Å². The Hall–Kier alpha value is -5.52. The van der Waals surface area contributed by atoms with Gasteiger partial charge in [0.05, 0.1) is 17.0 Å². The molecule has 0 saturated heterocycles. The maximum Gasteiger partial charge on any atom is 0.336 e. The molecule has 3 aliphatic rings. The van der Waals surface area contributed by atoms with Crippen LogP contribution in [0.2, 0.25) is 0 Å². The minimum Gasteiger partial charge on any atom is -0.481 e. The van der Waals surface area contributed by atoms with Gasteiger partial charge in [-0.2, -0.15) is 0 Å². The van der Waals surface area contributed by atoms with Crippen LogP contribution in [0.25, 0.3) is 33.4 Å². The van der Waals surface area contributed by atoms with Crippen LogP contribution in [-0.4, -0.2) is 47.9 Å². The van der Waals surface area contributed by atoms with E-state index in [0.29, 0.717) is 52.7 Å². The second-order valence-electron chi connectivity index (χ2n) is 12.8. The number of fused-ring (bicyclic) bond motifs is 2. The fraction of sp³-hybridized carbons (Fsp3) is 0.225. The summed E-state index contributed by atoms with van der Waals surface area (Å²) in [6.07, 6.45) is 8.45. The Morgan fingerprint density at radius 3 is 2.47 bits per heavy atom. The molecular formula is C40H39N3O7S. The molecule has 3 aromatic rings. The van der Waals surface area contributed by atoms with Gasteiger partial charge in [0.1, 0.15) is 16.1 Å². The first-order chi connectivity index (χ1) is 24.5. The Kier molecular flexibility index (Phi) is 10.2. The molecule has 6 rings (SSSR count). The highest BCUT2D eigenvalue weighted by atomic mass is 32.2. The Morgan fingerprint density at radius 2 is 1.69 bits per heavy atom. The first kappa shape index (κ1) is 35.3. The van der Waals surface area contributed by atoms with Crippen molar-refractivity contribution in [1.82, 2.24) is 4.72 Å². The number of anilines is 2. The number of nitrogens with one attached hydrogen (secondary N) is 2. The molecule has 0 radical (unpaired) electrons. The number of unbranched alkanes of at least 4 members (excludes halogenated alkanes) is 2. The van der Waals surface area contributed by atoms with Crippen molar-refractivity contribution in [2.45, 2.75) is 50.3 Å². The van der Waals surface area contributed by atoms with Gasteiger partial charge in [-0.3, -0.25) is 9.79 Å². The van der Waals surface area contributed by atoms with E-state index >= 15 is 0 Å². The normalized spacial score (nSPS) is 17.6. The number of aromatic carboxylic acids is 1. The van der Waals surface area contributed by atoms with Crippen LogP contribution in [0.1, 0.15) is 48.5 Å². The molecule has 4 N–H and O–H groups in total. The summed E-state index contributed by atoms with van der Waals surface area (Å²) in [6.45, 7) is 3.82. The SMILES string of the molecule is Cc1ccccc1Nc1ccc2c(-c3ccccc3C(=O)O)c3ccc(=NC4C=CC=CC4(C)S(=O)(=O)NCCCCCC(=O)O)cc-3oc2c1. The molecule has 11 heteroatoms. The van der Waals surface area contributed by atoms with Gasteiger partial charge in [0, 0.05) is 53.0 Å². The van der Waals surface area contributed by atoms with Gasteiger partial charge in [-0.25, -0.2) is 17.9 Å². The van der Waals surface area contributed by atoms with Crippen molar-refractivity contribution in [3.63, 3.8) is 0 Å². The number of hydrogen-bond acceptors (Lipinski definition) is 7. The van der Waals surface area contributed by atoms with Gasteiger partial charge in [-0.15, -0.1) is 0 Å². The number of allylic oxidation sites excluding steroid dienone is 2.